The molecule has 2 unspecified atom stereocenters. The molecule has 1 fully saturated rings. The van der Waals surface area contributed by atoms with Gasteiger partial charge in [-0.2, -0.15) is 12.6 Å². The summed E-state index contributed by atoms with van der Waals surface area (Å²) in [6.45, 7) is 6.94. The first-order valence-corrected chi connectivity index (χ1v) is 6.67. The molecule has 1 heterocycles. The molecule has 1 rings (SSSR count). The molecule has 0 aromatic rings. The Morgan fingerprint density at radius 3 is 2.73 bits per heavy atom. The van der Waals surface area contributed by atoms with Crippen LogP contribution < -0.4 is 0 Å². The van der Waals surface area contributed by atoms with E-state index in [2.05, 4.69) is 26.5 Å². The molecule has 0 aromatic heterocycles. The molecule has 0 saturated carbocycles. The van der Waals surface area contributed by atoms with Gasteiger partial charge in [0.25, 0.3) is 0 Å². The maximum Gasteiger partial charge on any atom is 0.0808 e. The van der Waals surface area contributed by atoms with Crippen LogP contribution in [0.3, 0.4) is 0 Å². The molecule has 0 radical (unpaired) electrons. The summed E-state index contributed by atoms with van der Waals surface area (Å²) in [5.74, 6) is 2.12. The summed E-state index contributed by atoms with van der Waals surface area (Å²) in [4.78, 5) is 0. The first-order chi connectivity index (χ1) is 7.24. The van der Waals surface area contributed by atoms with Crippen LogP contribution in [-0.4, -0.2) is 31.7 Å². The zero-order valence-corrected chi connectivity index (χ0v) is 10.8. The third-order valence-electron chi connectivity index (χ3n) is 3.09. The van der Waals surface area contributed by atoms with Gasteiger partial charge in [-0.3, -0.25) is 0 Å². The highest BCUT2D eigenvalue weighted by Gasteiger charge is 2.16. The Morgan fingerprint density at radius 2 is 2.20 bits per heavy atom. The van der Waals surface area contributed by atoms with Crippen LogP contribution >= 0.6 is 12.6 Å². The first-order valence-electron chi connectivity index (χ1n) is 6.04. The average molecular weight is 232 g/mol. The number of thiol groups is 1. The summed E-state index contributed by atoms with van der Waals surface area (Å²) < 4.78 is 11.3. The van der Waals surface area contributed by atoms with E-state index in [1.54, 1.807) is 0 Å². The van der Waals surface area contributed by atoms with Gasteiger partial charge in [-0.25, -0.2) is 0 Å². The zero-order valence-electron chi connectivity index (χ0n) is 9.95. The fourth-order valence-electron chi connectivity index (χ4n) is 1.75. The Morgan fingerprint density at radius 1 is 1.40 bits per heavy atom. The fraction of sp³-hybridized carbons (Fsp3) is 1.00. The molecule has 0 aliphatic carbocycles. The van der Waals surface area contributed by atoms with E-state index in [1.165, 1.54) is 12.8 Å². The van der Waals surface area contributed by atoms with Gasteiger partial charge < -0.3 is 9.47 Å². The van der Waals surface area contributed by atoms with Crippen molar-refractivity contribution in [3.63, 3.8) is 0 Å². The van der Waals surface area contributed by atoms with Crippen LogP contribution in [0.2, 0.25) is 0 Å². The predicted molar refractivity (Wildman–Crippen MR) is 66.6 cm³/mol. The number of hydrogen-bond acceptors (Lipinski definition) is 3. The van der Waals surface area contributed by atoms with Crippen molar-refractivity contribution in [2.45, 2.75) is 39.2 Å². The molecular weight excluding hydrogens is 208 g/mol. The SMILES string of the molecule is CC(C)C(CS)COCC1CCCCO1. The van der Waals surface area contributed by atoms with Crippen LogP contribution in [0, 0.1) is 11.8 Å². The summed E-state index contributed by atoms with van der Waals surface area (Å²) >= 11 is 4.34. The molecule has 1 saturated heterocycles. The Bertz CT molecular complexity index is 156. The summed E-state index contributed by atoms with van der Waals surface area (Å²) in [7, 11) is 0. The molecule has 2 nitrogen and oxygen atoms in total. The highest BCUT2D eigenvalue weighted by Crippen LogP contribution is 2.15. The molecular formula is C12H24O2S. The van der Waals surface area contributed by atoms with Gasteiger partial charge in [-0.1, -0.05) is 13.8 Å². The lowest BCUT2D eigenvalue weighted by atomic mass is 9.99. The number of ether oxygens (including phenoxy) is 2. The highest BCUT2D eigenvalue weighted by molar-refractivity contribution is 7.80. The van der Waals surface area contributed by atoms with Crippen molar-refractivity contribution >= 4 is 12.6 Å². The second-order valence-corrected chi connectivity index (χ2v) is 5.08. The minimum absolute atomic E-state index is 0.339. The van der Waals surface area contributed by atoms with Gasteiger partial charge in [-0.15, -0.1) is 0 Å². The minimum Gasteiger partial charge on any atom is -0.378 e. The highest BCUT2D eigenvalue weighted by atomic mass is 32.1. The summed E-state index contributed by atoms with van der Waals surface area (Å²) in [6, 6.07) is 0. The lowest BCUT2D eigenvalue weighted by Crippen LogP contribution is -2.27. The van der Waals surface area contributed by atoms with Crippen molar-refractivity contribution in [1.29, 1.82) is 0 Å². The molecule has 90 valence electrons. The van der Waals surface area contributed by atoms with Crippen molar-refractivity contribution in [2.75, 3.05) is 25.6 Å². The van der Waals surface area contributed by atoms with Gasteiger partial charge in [0.05, 0.1) is 19.3 Å². The number of rotatable bonds is 6. The second kappa shape index (κ2) is 7.53. The van der Waals surface area contributed by atoms with E-state index >= 15 is 0 Å². The summed E-state index contributed by atoms with van der Waals surface area (Å²) in [5.41, 5.74) is 0. The smallest absolute Gasteiger partial charge is 0.0808 e. The standard InChI is InChI=1S/C12H24O2S/c1-10(2)11(9-15)7-13-8-12-5-3-4-6-14-12/h10-12,15H,3-9H2,1-2H3. The monoisotopic (exact) mass is 232 g/mol. The van der Waals surface area contributed by atoms with Gasteiger partial charge in [0.2, 0.25) is 0 Å². The van der Waals surface area contributed by atoms with E-state index in [0.29, 0.717) is 17.9 Å². The molecule has 2 atom stereocenters. The quantitative estimate of drug-likeness (QED) is 0.710. The van der Waals surface area contributed by atoms with Crippen molar-refractivity contribution in [3.8, 4) is 0 Å². The number of hydrogen-bond donors (Lipinski definition) is 1. The van der Waals surface area contributed by atoms with Crippen molar-refractivity contribution in [3.05, 3.63) is 0 Å². The molecule has 0 bridgehead atoms. The molecule has 1 aliphatic heterocycles. The zero-order chi connectivity index (χ0) is 11.1. The van der Waals surface area contributed by atoms with Crippen LogP contribution in [0.25, 0.3) is 0 Å². The van der Waals surface area contributed by atoms with E-state index in [0.717, 1.165) is 32.0 Å². The fourth-order valence-corrected chi connectivity index (χ4v) is 2.27. The minimum atomic E-state index is 0.339. The Hall–Kier alpha value is 0.270. The molecule has 0 spiro atoms. The van der Waals surface area contributed by atoms with Crippen LogP contribution in [-0.2, 0) is 9.47 Å². The van der Waals surface area contributed by atoms with E-state index in [9.17, 15) is 0 Å². The van der Waals surface area contributed by atoms with E-state index in [-0.39, 0.29) is 0 Å². The first kappa shape index (κ1) is 13.3. The van der Waals surface area contributed by atoms with Crippen molar-refractivity contribution in [1.82, 2.24) is 0 Å². The third-order valence-corrected chi connectivity index (χ3v) is 3.56. The predicted octanol–water partition coefficient (Wildman–Crippen LogP) is 2.77. The summed E-state index contributed by atoms with van der Waals surface area (Å²) in [6.07, 6.45) is 4.00. The van der Waals surface area contributed by atoms with E-state index in [1.807, 2.05) is 0 Å². The summed E-state index contributed by atoms with van der Waals surface area (Å²) in [5, 5.41) is 0. The maximum absolute atomic E-state index is 5.71. The Labute approximate surface area is 99.1 Å². The van der Waals surface area contributed by atoms with Crippen molar-refractivity contribution in [2.24, 2.45) is 11.8 Å². The van der Waals surface area contributed by atoms with E-state index in [4.69, 9.17) is 9.47 Å². The average Bonchev–Trinajstić information content (AvgIpc) is 2.25. The van der Waals surface area contributed by atoms with Gasteiger partial charge in [-0.05, 0) is 36.9 Å². The van der Waals surface area contributed by atoms with Crippen molar-refractivity contribution < 1.29 is 9.47 Å². The third kappa shape index (κ3) is 5.23. The van der Waals surface area contributed by atoms with Crippen LogP contribution in [0.4, 0.5) is 0 Å². The molecule has 1 aliphatic rings. The molecule has 15 heavy (non-hydrogen) atoms. The Balaban J connectivity index is 2.08. The van der Waals surface area contributed by atoms with Gasteiger partial charge in [0.1, 0.15) is 0 Å². The van der Waals surface area contributed by atoms with Crippen LogP contribution in [0.1, 0.15) is 33.1 Å². The van der Waals surface area contributed by atoms with Gasteiger partial charge in [0, 0.05) is 6.61 Å². The van der Waals surface area contributed by atoms with E-state index < -0.39 is 0 Å². The van der Waals surface area contributed by atoms with Gasteiger partial charge in [0.15, 0.2) is 0 Å². The second-order valence-electron chi connectivity index (χ2n) is 4.71. The lowest BCUT2D eigenvalue weighted by Gasteiger charge is -2.24. The largest absolute Gasteiger partial charge is 0.378 e. The maximum atomic E-state index is 5.71. The topological polar surface area (TPSA) is 18.5 Å². The van der Waals surface area contributed by atoms with Gasteiger partial charge >= 0.3 is 0 Å². The normalized spacial score (nSPS) is 24.4. The molecule has 0 amide bonds. The molecule has 0 aromatic carbocycles. The molecule has 0 N–H and O–H groups in total. The van der Waals surface area contributed by atoms with Crippen LogP contribution in [0.15, 0.2) is 0 Å². The van der Waals surface area contributed by atoms with Crippen LogP contribution in [0.5, 0.6) is 0 Å². The molecule has 3 heteroatoms. The Kier molecular flexibility index (Phi) is 6.69. The lowest BCUT2D eigenvalue weighted by molar-refractivity contribution is -0.0479.